The van der Waals surface area contributed by atoms with Gasteiger partial charge in [-0.15, -0.1) is 0 Å². The maximum atomic E-state index is 5.62. The Labute approximate surface area is 57.2 Å². The molecule has 0 aliphatic carbocycles. The second-order valence-electron chi connectivity index (χ2n) is 2.91. The number of nitrogens with one attached hydrogen (secondary N) is 1. The third-order valence-electron chi connectivity index (χ3n) is 1.08. The van der Waals surface area contributed by atoms with Crippen LogP contribution in [0.25, 0.3) is 0 Å². The van der Waals surface area contributed by atoms with Crippen molar-refractivity contribution in [1.29, 1.82) is 0 Å². The number of amidine groups is 1. The molecule has 0 heterocycles. The lowest BCUT2D eigenvalue weighted by Gasteiger charge is -1.99. The van der Waals surface area contributed by atoms with Crippen molar-refractivity contribution in [3.8, 4) is 0 Å². The minimum Gasteiger partial charge on any atom is -0.291 e. The Hall–Kier alpha value is -0.530. The van der Waals surface area contributed by atoms with Crippen LogP contribution in [0.2, 0.25) is 0 Å². The molecule has 0 aliphatic rings. The van der Waals surface area contributed by atoms with E-state index in [1.165, 1.54) is 0 Å². The fourth-order valence-corrected chi connectivity index (χ4v) is 0.500. The molecule has 0 amide bonds. The largest absolute Gasteiger partial charge is 0.291 e. The average molecular weight is 129 g/mol. The molecule has 0 radical (unpaired) electrons. The van der Waals surface area contributed by atoms with Crippen LogP contribution in [0.5, 0.6) is 0 Å². The van der Waals surface area contributed by atoms with Crippen LogP contribution < -0.4 is 10.7 Å². The Kier molecular flexibility index (Phi) is 3.28. The summed E-state index contributed by atoms with van der Waals surface area (Å²) in [6.07, 6.45) is 0. The lowest BCUT2D eigenvalue weighted by Crippen LogP contribution is -2.80. The van der Waals surface area contributed by atoms with Crippen molar-refractivity contribution >= 4 is 5.84 Å². The quantitative estimate of drug-likeness (QED) is 0.382. The van der Waals surface area contributed by atoms with E-state index in [2.05, 4.69) is 32.7 Å². The molecule has 0 aromatic rings. The summed E-state index contributed by atoms with van der Waals surface area (Å²) in [5, 5.41) is 0. The van der Waals surface area contributed by atoms with E-state index in [9.17, 15) is 0 Å². The summed E-state index contributed by atoms with van der Waals surface area (Å²) in [6, 6.07) is 0.451. The first kappa shape index (κ1) is 8.47. The normalized spacial score (nSPS) is 13.3. The minimum atomic E-state index is 0.437. The molecular weight excluding hydrogens is 112 g/mol. The lowest BCUT2D eigenvalue weighted by molar-refractivity contribution is -0.496. The zero-order chi connectivity index (χ0) is 7.44. The first-order valence-corrected chi connectivity index (χ1v) is 3.43. The Balaban J connectivity index is 3.84. The SMILES string of the molecule is CC(C)[NH+]=C(N)C(C)C. The molecule has 9 heavy (non-hydrogen) atoms. The van der Waals surface area contributed by atoms with E-state index >= 15 is 0 Å². The van der Waals surface area contributed by atoms with Crippen LogP contribution in [-0.2, 0) is 0 Å². The summed E-state index contributed by atoms with van der Waals surface area (Å²) in [4.78, 5) is 3.14. The minimum absolute atomic E-state index is 0.437. The van der Waals surface area contributed by atoms with Gasteiger partial charge in [-0.25, -0.2) is 0 Å². The predicted octanol–water partition coefficient (Wildman–Crippen LogP) is -0.511. The van der Waals surface area contributed by atoms with Crippen molar-refractivity contribution in [3.63, 3.8) is 0 Å². The van der Waals surface area contributed by atoms with Crippen molar-refractivity contribution in [2.75, 3.05) is 0 Å². The van der Waals surface area contributed by atoms with Gasteiger partial charge in [0.15, 0.2) is 0 Å². The van der Waals surface area contributed by atoms with E-state index in [0.717, 1.165) is 5.84 Å². The molecule has 3 N–H and O–H groups in total. The highest BCUT2D eigenvalue weighted by molar-refractivity contribution is 5.76. The highest BCUT2D eigenvalue weighted by Gasteiger charge is 2.04. The monoisotopic (exact) mass is 129 g/mol. The molecule has 2 nitrogen and oxygen atoms in total. The summed E-state index contributed by atoms with van der Waals surface area (Å²) in [6.45, 7) is 8.31. The molecule has 0 aliphatic heterocycles. The van der Waals surface area contributed by atoms with Gasteiger partial charge >= 0.3 is 0 Å². The van der Waals surface area contributed by atoms with Gasteiger partial charge < -0.3 is 0 Å². The fourth-order valence-electron chi connectivity index (χ4n) is 0.500. The maximum Gasteiger partial charge on any atom is 0.243 e. The van der Waals surface area contributed by atoms with Gasteiger partial charge in [0, 0.05) is 0 Å². The molecule has 0 aromatic carbocycles. The van der Waals surface area contributed by atoms with E-state index in [1.807, 2.05) is 0 Å². The van der Waals surface area contributed by atoms with E-state index < -0.39 is 0 Å². The van der Waals surface area contributed by atoms with Crippen molar-refractivity contribution < 1.29 is 4.99 Å². The standard InChI is InChI=1S/C7H16N2/c1-5(2)7(8)9-6(3)4/h5-6H,1-4H3,(H2,8,9)/p+1. The number of rotatable bonds is 2. The third-order valence-corrected chi connectivity index (χ3v) is 1.08. The van der Waals surface area contributed by atoms with E-state index in [-0.39, 0.29) is 0 Å². The highest BCUT2D eigenvalue weighted by Crippen LogP contribution is 1.83. The van der Waals surface area contributed by atoms with Crippen molar-refractivity contribution in [1.82, 2.24) is 0 Å². The Bertz CT molecular complexity index is 103. The highest BCUT2D eigenvalue weighted by atomic mass is 14.9. The fraction of sp³-hybridized carbons (Fsp3) is 0.857. The number of hydrogen-bond acceptors (Lipinski definition) is 0. The van der Waals surface area contributed by atoms with Gasteiger partial charge in [0.05, 0.1) is 12.0 Å². The number of nitrogens with two attached hydrogens (primary N) is 1. The molecule has 0 saturated heterocycles. The molecule has 0 spiro atoms. The van der Waals surface area contributed by atoms with E-state index in [0.29, 0.717) is 12.0 Å². The Morgan fingerprint density at radius 2 is 1.67 bits per heavy atom. The van der Waals surface area contributed by atoms with E-state index in [4.69, 9.17) is 5.73 Å². The van der Waals surface area contributed by atoms with Crippen LogP contribution in [-0.4, -0.2) is 11.9 Å². The molecule has 2 heteroatoms. The first-order chi connectivity index (χ1) is 4.04. The van der Waals surface area contributed by atoms with Gasteiger partial charge in [-0.1, -0.05) is 13.8 Å². The summed E-state index contributed by atoms with van der Waals surface area (Å²) in [7, 11) is 0. The summed E-state index contributed by atoms with van der Waals surface area (Å²) in [5.41, 5.74) is 5.62. The van der Waals surface area contributed by atoms with E-state index in [1.54, 1.807) is 0 Å². The van der Waals surface area contributed by atoms with Crippen LogP contribution >= 0.6 is 0 Å². The first-order valence-electron chi connectivity index (χ1n) is 3.43. The lowest BCUT2D eigenvalue weighted by atomic mass is 10.2. The van der Waals surface area contributed by atoms with Gasteiger partial charge in [0.1, 0.15) is 0 Å². The van der Waals surface area contributed by atoms with Gasteiger partial charge in [-0.2, -0.15) is 0 Å². The van der Waals surface area contributed by atoms with Crippen LogP contribution in [0.4, 0.5) is 0 Å². The number of hydrogen-bond donors (Lipinski definition) is 2. The topological polar surface area (TPSA) is 40.0 Å². The molecule has 0 bridgehead atoms. The molecule has 0 unspecified atom stereocenters. The zero-order valence-electron chi connectivity index (χ0n) is 6.73. The Morgan fingerprint density at radius 1 is 1.22 bits per heavy atom. The second-order valence-corrected chi connectivity index (χ2v) is 2.91. The molecular formula is C7H17N2+. The van der Waals surface area contributed by atoms with Gasteiger partial charge in [-0.3, -0.25) is 10.7 Å². The summed E-state index contributed by atoms with van der Waals surface area (Å²) in [5.74, 6) is 1.32. The van der Waals surface area contributed by atoms with Crippen LogP contribution in [0, 0.1) is 5.92 Å². The molecule has 0 rings (SSSR count). The Morgan fingerprint density at radius 3 is 1.78 bits per heavy atom. The second kappa shape index (κ2) is 3.49. The van der Waals surface area contributed by atoms with Gasteiger partial charge in [0.2, 0.25) is 5.84 Å². The van der Waals surface area contributed by atoms with Crippen molar-refractivity contribution in [2.45, 2.75) is 33.7 Å². The van der Waals surface area contributed by atoms with Gasteiger partial charge in [0.25, 0.3) is 0 Å². The molecule has 0 aromatic heterocycles. The zero-order valence-corrected chi connectivity index (χ0v) is 6.73. The summed E-state index contributed by atoms with van der Waals surface area (Å²) >= 11 is 0. The molecule has 0 fully saturated rings. The van der Waals surface area contributed by atoms with Crippen LogP contribution in [0.3, 0.4) is 0 Å². The maximum absolute atomic E-state index is 5.62. The van der Waals surface area contributed by atoms with Gasteiger partial charge in [-0.05, 0) is 13.8 Å². The molecule has 0 atom stereocenters. The van der Waals surface area contributed by atoms with Crippen molar-refractivity contribution in [2.24, 2.45) is 11.7 Å². The average Bonchev–Trinajstić information content (AvgIpc) is 1.63. The van der Waals surface area contributed by atoms with Crippen molar-refractivity contribution in [3.05, 3.63) is 0 Å². The molecule has 0 saturated carbocycles. The smallest absolute Gasteiger partial charge is 0.243 e. The van der Waals surface area contributed by atoms with Crippen LogP contribution in [0.1, 0.15) is 27.7 Å². The third kappa shape index (κ3) is 4.01. The summed E-state index contributed by atoms with van der Waals surface area (Å²) < 4.78 is 0. The molecule has 54 valence electrons. The predicted molar refractivity (Wildman–Crippen MR) is 40.1 cm³/mol. The van der Waals surface area contributed by atoms with Crippen LogP contribution in [0.15, 0.2) is 0 Å².